The summed E-state index contributed by atoms with van der Waals surface area (Å²) in [6, 6.07) is 8.77. The smallest absolute Gasteiger partial charge is 0.0893 e. The van der Waals surface area contributed by atoms with Crippen molar-refractivity contribution in [2.75, 3.05) is 0 Å². The third-order valence-electron chi connectivity index (χ3n) is 10.2. The predicted octanol–water partition coefficient (Wildman–Crippen LogP) is 7.51. The van der Waals surface area contributed by atoms with Gasteiger partial charge in [0.15, 0.2) is 0 Å². The lowest BCUT2D eigenvalue weighted by molar-refractivity contribution is 0.170. The average molecular weight is 524 g/mol. The standard InChI is InChI=1S/C36H45NO2/c1-6-32(31-18-19-37-33(21-31)25(4)39)30-16-15-29(20-30)28-13-10-26(11-14-28)12-17-34-35(5)22-27(9-8-24(3)38)23-36(34,35)7-2/h7,10-11,13-14,16,18-20,24-25,27,31-32,34,38-39H,2,6,8-9,15,21-23H2,1,3-5H3/t24-,25+,27?,31?,32-,34-,35-,36+/m1/s1. The van der Waals surface area contributed by atoms with Gasteiger partial charge in [0, 0.05) is 28.8 Å². The zero-order chi connectivity index (χ0) is 27.8. The van der Waals surface area contributed by atoms with Crippen molar-refractivity contribution in [1.29, 1.82) is 0 Å². The molecule has 0 saturated heterocycles. The van der Waals surface area contributed by atoms with Gasteiger partial charge in [0.25, 0.3) is 0 Å². The zero-order valence-corrected chi connectivity index (χ0v) is 24.2. The fraction of sp³-hybridized carbons (Fsp3) is 0.528. The van der Waals surface area contributed by atoms with Crippen LogP contribution in [0.2, 0.25) is 0 Å². The highest BCUT2D eigenvalue weighted by Crippen LogP contribution is 2.79. The minimum Gasteiger partial charge on any atom is -0.393 e. The predicted molar refractivity (Wildman–Crippen MR) is 162 cm³/mol. The van der Waals surface area contributed by atoms with Crippen molar-refractivity contribution in [2.45, 2.75) is 84.8 Å². The van der Waals surface area contributed by atoms with E-state index in [2.05, 4.69) is 85.8 Å². The van der Waals surface area contributed by atoms with Crippen LogP contribution in [-0.2, 0) is 0 Å². The highest BCUT2D eigenvalue weighted by Gasteiger charge is 2.75. The van der Waals surface area contributed by atoms with Gasteiger partial charge >= 0.3 is 0 Å². The average Bonchev–Trinajstić information content (AvgIpc) is 3.26. The van der Waals surface area contributed by atoms with Crippen LogP contribution in [0.3, 0.4) is 0 Å². The van der Waals surface area contributed by atoms with Gasteiger partial charge in [0.2, 0.25) is 0 Å². The molecule has 2 saturated carbocycles. The first kappa shape index (κ1) is 27.9. The van der Waals surface area contributed by atoms with Crippen molar-refractivity contribution in [3.63, 3.8) is 0 Å². The summed E-state index contributed by atoms with van der Waals surface area (Å²) in [5.41, 5.74) is 6.38. The van der Waals surface area contributed by atoms with Crippen molar-refractivity contribution >= 4 is 11.3 Å². The van der Waals surface area contributed by atoms with E-state index in [1.54, 1.807) is 0 Å². The van der Waals surface area contributed by atoms with E-state index in [-0.39, 0.29) is 16.9 Å². The van der Waals surface area contributed by atoms with Gasteiger partial charge in [0.05, 0.1) is 12.2 Å². The summed E-state index contributed by atoms with van der Waals surface area (Å²) in [5, 5.41) is 19.7. The second-order valence-electron chi connectivity index (χ2n) is 12.7. The molecular weight excluding hydrogens is 478 g/mol. The molecule has 2 N–H and O–H groups in total. The SMILES string of the molecule is C=C[C@@]12CC(CC[C@@H](C)O)C[C@]1(C)[C@H]2C#Cc1ccc(C2=CC([C@@H](CC)C3C=CN=C([C@H](C)O)C3)=CC2)cc1. The molecule has 0 spiro atoms. The Morgan fingerprint density at radius 3 is 2.59 bits per heavy atom. The van der Waals surface area contributed by atoms with Crippen LogP contribution in [0.1, 0.15) is 83.8 Å². The Labute approximate surface area is 235 Å². The normalized spacial score (nSPS) is 33.2. The van der Waals surface area contributed by atoms with Crippen LogP contribution in [0, 0.1) is 46.3 Å². The van der Waals surface area contributed by atoms with Crippen LogP contribution in [0.15, 0.2) is 71.9 Å². The Hall–Kier alpha value is -2.67. The molecule has 1 aliphatic heterocycles. The molecule has 3 nitrogen and oxygen atoms in total. The number of aliphatic hydroxyl groups is 2. The van der Waals surface area contributed by atoms with Crippen LogP contribution in [-0.4, -0.2) is 28.1 Å². The quantitative estimate of drug-likeness (QED) is 0.260. The molecule has 2 unspecified atom stereocenters. The van der Waals surface area contributed by atoms with Crippen molar-refractivity contribution in [3.05, 3.63) is 78.0 Å². The summed E-state index contributed by atoms with van der Waals surface area (Å²) in [4.78, 5) is 4.40. The lowest BCUT2D eigenvalue weighted by Gasteiger charge is -2.27. The summed E-state index contributed by atoms with van der Waals surface area (Å²) < 4.78 is 0. The molecule has 0 aromatic heterocycles. The number of aliphatic imine (C=N–C) groups is 1. The first-order valence-corrected chi connectivity index (χ1v) is 15.0. The van der Waals surface area contributed by atoms with E-state index in [9.17, 15) is 10.2 Å². The Morgan fingerprint density at radius 2 is 1.95 bits per heavy atom. The third kappa shape index (κ3) is 5.27. The molecule has 1 aromatic rings. The van der Waals surface area contributed by atoms with E-state index < -0.39 is 6.10 Å². The number of aliphatic hydroxyl groups excluding tert-OH is 2. The maximum atomic E-state index is 10.0. The maximum absolute atomic E-state index is 10.0. The van der Waals surface area contributed by atoms with Gasteiger partial charge < -0.3 is 10.2 Å². The van der Waals surface area contributed by atoms with Crippen molar-refractivity contribution in [2.24, 2.45) is 39.5 Å². The highest BCUT2D eigenvalue weighted by molar-refractivity contribution is 5.89. The van der Waals surface area contributed by atoms with Gasteiger partial charge in [-0.1, -0.05) is 62.1 Å². The largest absolute Gasteiger partial charge is 0.393 e. The zero-order valence-electron chi connectivity index (χ0n) is 24.2. The fourth-order valence-electron chi connectivity index (χ4n) is 7.88. The molecule has 206 valence electrons. The molecule has 4 aliphatic rings. The van der Waals surface area contributed by atoms with E-state index in [0.29, 0.717) is 23.7 Å². The van der Waals surface area contributed by atoms with Crippen molar-refractivity contribution in [1.82, 2.24) is 0 Å². The topological polar surface area (TPSA) is 52.8 Å². The van der Waals surface area contributed by atoms with Gasteiger partial charge in [-0.3, -0.25) is 4.99 Å². The van der Waals surface area contributed by atoms with Gasteiger partial charge in [-0.25, -0.2) is 0 Å². The Morgan fingerprint density at radius 1 is 1.18 bits per heavy atom. The van der Waals surface area contributed by atoms with Crippen LogP contribution in [0.4, 0.5) is 0 Å². The maximum Gasteiger partial charge on any atom is 0.0893 e. The Bertz CT molecular complexity index is 1270. The highest BCUT2D eigenvalue weighted by atomic mass is 16.3. The molecule has 3 heteroatoms. The summed E-state index contributed by atoms with van der Waals surface area (Å²) in [7, 11) is 0. The van der Waals surface area contributed by atoms with E-state index in [0.717, 1.165) is 49.8 Å². The van der Waals surface area contributed by atoms with E-state index in [1.807, 2.05) is 20.0 Å². The van der Waals surface area contributed by atoms with Gasteiger partial charge in [-0.2, -0.15) is 0 Å². The summed E-state index contributed by atoms with van der Waals surface area (Å²) in [5.74, 6) is 8.99. The number of benzene rings is 1. The number of nitrogens with zero attached hydrogens (tertiary/aromatic N) is 1. The molecule has 1 aromatic carbocycles. The third-order valence-corrected chi connectivity index (χ3v) is 10.2. The number of allylic oxidation sites excluding steroid dienone is 6. The van der Waals surface area contributed by atoms with E-state index in [4.69, 9.17) is 0 Å². The van der Waals surface area contributed by atoms with Gasteiger partial charge in [-0.15, -0.1) is 6.58 Å². The van der Waals surface area contributed by atoms with Crippen molar-refractivity contribution < 1.29 is 10.2 Å². The molecule has 3 aliphatic carbocycles. The Kier molecular flexibility index (Phi) is 7.91. The number of rotatable bonds is 9. The second-order valence-corrected chi connectivity index (χ2v) is 12.7. The van der Waals surface area contributed by atoms with Crippen LogP contribution >= 0.6 is 0 Å². The molecular formula is C36H45NO2. The molecule has 0 bridgehead atoms. The number of hydrogen-bond donors (Lipinski definition) is 2. The monoisotopic (exact) mass is 523 g/mol. The van der Waals surface area contributed by atoms with Crippen LogP contribution in [0.25, 0.3) is 5.57 Å². The lowest BCUT2D eigenvalue weighted by Crippen LogP contribution is -2.25. The van der Waals surface area contributed by atoms with Crippen LogP contribution < -0.4 is 0 Å². The Balaban J connectivity index is 1.22. The number of hydrogen-bond acceptors (Lipinski definition) is 3. The molecule has 0 radical (unpaired) electrons. The minimum absolute atomic E-state index is 0.144. The lowest BCUT2D eigenvalue weighted by atomic mass is 9.79. The van der Waals surface area contributed by atoms with Crippen LogP contribution in [0.5, 0.6) is 0 Å². The molecule has 0 amide bonds. The van der Waals surface area contributed by atoms with Gasteiger partial charge in [-0.05, 0) is 111 Å². The summed E-state index contributed by atoms with van der Waals surface area (Å²) in [6.45, 7) is 12.6. The molecule has 5 rings (SSSR count). The summed E-state index contributed by atoms with van der Waals surface area (Å²) >= 11 is 0. The van der Waals surface area contributed by atoms with Gasteiger partial charge in [0.1, 0.15) is 0 Å². The molecule has 8 atom stereocenters. The fourth-order valence-corrected chi connectivity index (χ4v) is 7.88. The number of fused-ring (bicyclic) bond motifs is 1. The molecule has 39 heavy (non-hydrogen) atoms. The van der Waals surface area contributed by atoms with E-state index in [1.165, 1.54) is 23.1 Å². The first-order valence-electron chi connectivity index (χ1n) is 15.0. The summed E-state index contributed by atoms with van der Waals surface area (Å²) in [6.07, 6.45) is 17.5. The molecule has 2 fully saturated rings. The first-order chi connectivity index (χ1) is 18.7. The minimum atomic E-state index is -0.484. The molecule has 1 heterocycles. The van der Waals surface area contributed by atoms with E-state index >= 15 is 0 Å². The second kappa shape index (κ2) is 11.1. The van der Waals surface area contributed by atoms with Crippen molar-refractivity contribution in [3.8, 4) is 11.8 Å².